The lowest BCUT2D eigenvalue weighted by Gasteiger charge is -2.44. The summed E-state index contributed by atoms with van der Waals surface area (Å²) in [5.41, 5.74) is 5.81. The molecule has 0 spiro atoms. The van der Waals surface area contributed by atoms with Crippen LogP contribution in [0.1, 0.15) is 69.4 Å². The third-order valence-corrected chi connectivity index (χ3v) is 9.06. The van der Waals surface area contributed by atoms with Gasteiger partial charge < -0.3 is 16.2 Å². The predicted octanol–water partition coefficient (Wildman–Crippen LogP) is 6.14. The maximum absolute atomic E-state index is 15.2. The zero-order valence-electron chi connectivity index (χ0n) is 22.5. The van der Waals surface area contributed by atoms with Crippen molar-refractivity contribution in [3.05, 3.63) is 71.7 Å². The van der Waals surface area contributed by atoms with Crippen molar-refractivity contribution in [3.63, 3.8) is 0 Å². The van der Waals surface area contributed by atoms with Gasteiger partial charge in [-0.2, -0.15) is 9.61 Å². The quantitative estimate of drug-likeness (QED) is 0.276. The van der Waals surface area contributed by atoms with Crippen LogP contribution in [0.3, 0.4) is 0 Å². The van der Waals surface area contributed by atoms with Gasteiger partial charge in [-0.25, -0.2) is 18.2 Å². The second kappa shape index (κ2) is 9.85. The van der Waals surface area contributed by atoms with Gasteiger partial charge in [-0.05, 0) is 98.7 Å². The Balaban J connectivity index is 1.33. The summed E-state index contributed by atoms with van der Waals surface area (Å²) < 4.78 is 47.2. The molecule has 3 aromatic heterocycles. The number of rotatable bonds is 5. The fourth-order valence-corrected chi connectivity index (χ4v) is 6.31. The van der Waals surface area contributed by atoms with Crippen molar-refractivity contribution in [3.8, 4) is 11.3 Å². The molecular weight excluding hydrogens is 517 g/mol. The molecule has 2 saturated carbocycles. The Kier molecular flexibility index (Phi) is 6.58. The van der Waals surface area contributed by atoms with Crippen LogP contribution in [-0.4, -0.2) is 36.3 Å². The predicted molar refractivity (Wildman–Crippen MR) is 147 cm³/mol. The minimum Gasteiger partial charge on any atom is -0.388 e. The number of hydrogen-bond acceptors (Lipinski definition) is 6. The summed E-state index contributed by atoms with van der Waals surface area (Å²) in [5, 5.41) is 18.6. The van der Waals surface area contributed by atoms with Gasteiger partial charge in [-0.15, -0.1) is 0 Å². The minimum absolute atomic E-state index is 0.00382. The lowest BCUT2D eigenvalue weighted by atomic mass is 9.68. The molecule has 2 fully saturated rings. The summed E-state index contributed by atoms with van der Waals surface area (Å²) >= 11 is 0. The Hall–Kier alpha value is -3.50. The summed E-state index contributed by atoms with van der Waals surface area (Å²) in [6, 6.07) is 6.94. The standard InChI is InChI=1S/C30H33F3N6O/c1-17-11-18(12-26(34)29(17,2)40)21-7-10-35-16-25(21)37-28-36-15-20-5-6-24(38-39(20)28)27-22(31)13-19(14-23(27)32)30(33)8-3-4-9-30/h5-7,10,13-18,26,40H,3-4,8-9,11-12,34H2,1-2H3,(H,36,37). The number of nitrogens with zero attached hydrogens (tertiary/aromatic N) is 4. The van der Waals surface area contributed by atoms with E-state index in [1.54, 1.807) is 31.6 Å². The lowest BCUT2D eigenvalue weighted by molar-refractivity contribution is -0.0463. The van der Waals surface area contributed by atoms with Crippen molar-refractivity contribution in [2.45, 2.75) is 75.6 Å². The monoisotopic (exact) mass is 550 g/mol. The van der Waals surface area contributed by atoms with E-state index in [9.17, 15) is 5.11 Å². The topological polar surface area (TPSA) is 101 Å². The van der Waals surface area contributed by atoms with Gasteiger partial charge in [-0.3, -0.25) is 4.98 Å². The third-order valence-electron chi connectivity index (χ3n) is 9.06. The normalized spacial score (nSPS) is 26.3. The molecule has 6 rings (SSSR count). The number of fused-ring (bicyclic) bond motifs is 1. The van der Waals surface area contributed by atoms with Gasteiger partial charge in [0.2, 0.25) is 5.95 Å². The highest BCUT2D eigenvalue weighted by Gasteiger charge is 2.42. The molecule has 1 aromatic carbocycles. The second-order valence-corrected chi connectivity index (χ2v) is 11.6. The number of aliphatic hydroxyl groups is 1. The van der Waals surface area contributed by atoms with Crippen LogP contribution in [-0.2, 0) is 5.67 Å². The van der Waals surface area contributed by atoms with E-state index < -0.39 is 22.9 Å². The molecule has 7 nitrogen and oxygen atoms in total. The molecule has 0 bridgehead atoms. The number of pyridine rings is 1. The van der Waals surface area contributed by atoms with E-state index in [0.29, 0.717) is 36.4 Å². The van der Waals surface area contributed by atoms with Crippen LogP contribution in [0, 0.1) is 17.6 Å². The van der Waals surface area contributed by atoms with Crippen LogP contribution in [0.25, 0.3) is 16.8 Å². The average Bonchev–Trinajstić information content (AvgIpc) is 3.54. The van der Waals surface area contributed by atoms with Crippen LogP contribution >= 0.6 is 0 Å². The molecule has 0 radical (unpaired) electrons. The van der Waals surface area contributed by atoms with Crippen molar-refractivity contribution >= 4 is 17.2 Å². The number of anilines is 2. The fourth-order valence-electron chi connectivity index (χ4n) is 6.31. The first-order chi connectivity index (χ1) is 19.1. The Morgan fingerprint density at radius 2 is 1.80 bits per heavy atom. The first-order valence-electron chi connectivity index (χ1n) is 13.8. The largest absolute Gasteiger partial charge is 0.388 e. The van der Waals surface area contributed by atoms with Crippen LogP contribution in [0.4, 0.5) is 24.8 Å². The highest BCUT2D eigenvalue weighted by Crippen LogP contribution is 2.45. The van der Waals surface area contributed by atoms with Crippen LogP contribution < -0.4 is 11.1 Å². The molecule has 4 aromatic rings. The molecule has 0 amide bonds. The molecule has 210 valence electrons. The van der Waals surface area contributed by atoms with Gasteiger partial charge in [0.15, 0.2) is 0 Å². The molecule has 3 heterocycles. The maximum Gasteiger partial charge on any atom is 0.229 e. The van der Waals surface area contributed by atoms with Gasteiger partial charge >= 0.3 is 0 Å². The summed E-state index contributed by atoms with van der Waals surface area (Å²) in [4.78, 5) is 8.72. The Morgan fingerprint density at radius 3 is 2.50 bits per heavy atom. The first kappa shape index (κ1) is 26.7. The van der Waals surface area contributed by atoms with E-state index in [1.807, 2.05) is 13.0 Å². The summed E-state index contributed by atoms with van der Waals surface area (Å²) in [7, 11) is 0. The van der Waals surface area contributed by atoms with E-state index in [4.69, 9.17) is 5.73 Å². The number of hydrogen-bond donors (Lipinski definition) is 3. The number of alkyl halides is 1. The molecule has 0 aliphatic heterocycles. The van der Waals surface area contributed by atoms with E-state index in [-0.39, 0.29) is 47.5 Å². The van der Waals surface area contributed by atoms with Gasteiger partial charge in [0.25, 0.3) is 0 Å². The highest BCUT2D eigenvalue weighted by molar-refractivity contribution is 5.66. The third kappa shape index (κ3) is 4.53. The summed E-state index contributed by atoms with van der Waals surface area (Å²) in [5.74, 6) is -1.28. The second-order valence-electron chi connectivity index (χ2n) is 11.6. The average molecular weight is 551 g/mol. The van der Waals surface area contributed by atoms with Gasteiger partial charge in [-0.1, -0.05) is 6.92 Å². The van der Waals surface area contributed by atoms with Crippen molar-refractivity contribution in [1.29, 1.82) is 0 Å². The van der Waals surface area contributed by atoms with Crippen molar-refractivity contribution in [2.75, 3.05) is 5.32 Å². The highest BCUT2D eigenvalue weighted by atomic mass is 19.1. The van der Waals surface area contributed by atoms with E-state index in [0.717, 1.165) is 24.1 Å². The molecular formula is C30H33F3N6O. The van der Waals surface area contributed by atoms with Gasteiger partial charge in [0.1, 0.15) is 17.3 Å². The van der Waals surface area contributed by atoms with Crippen molar-refractivity contribution in [1.82, 2.24) is 19.6 Å². The molecule has 2 aliphatic rings. The molecule has 10 heteroatoms. The van der Waals surface area contributed by atoms with Crippen molar-refractivity contribution < 1.29 is 18.3 Å². The zero-order chi connectivity index (χ0) is 28.2. The Bertz CT molecular complexity index is 1530. The summed E-state index contributed by atoms with van der Waals surface area (Å²) in [6.07, 6.45) is 8.29. The Morgan fingerprint density at radius 1 is 1.07 bits per heavy atom. The summed E-state index contributed by atoms with van der Waals surface area (Å²) in [6.45, 7) is 3.79. The number of imidazole rings is 1. The number of halogens is 3. The SMILES string of the molecule is CC1CC(c2ccncc2Nc2ncc3ccc(-c4c(F)cc(C5(F)CCCC5)cc4F)nn23)CC(N)C1(C)O. The fraction of sp³-hybridized carbons (Fsp3) is 0.433. The van der Waals surface area contributed by atoms with Crippen LogP contribution in [0.5, 0.6) is 0 Å². The molecule has 0 saturated heterocycles. The van der Waals surface area contributed by atoms with E-state index in [2.05, 4.69) is 20.4 Å². The van der Waals surface area contributed by atoms with Crippen LogP contribution in [0.2, 0.25) is 0 Å². The van der Waals surface area contributed by atoms with E-state index >= 15 is 13.2 Å². The maximum atomic E-state index is 15.2. The number of nitrogens with one attached hydrogen (secondary N) is 1. The van der Waals surface area contributed by atoms with Gasteiger partial charge in [0, 0.05) is 12.2 Å². The first-order valence-corrected chi connectivity index (χ1v) is 13.8. The Labute approximate surface area is 230 Å². The molecule has 2 aliphatic carbocycles. The van der Waals surface area contributed by atoms with Crippen LogP contribution in [0.15, 0.2) is 48.9 Å². The molecule has 40 heavy (non-hydrogen) atoms. The molecule has 4 atom stereocenters. The van der Waals surface area contributed by atoms with Crippen molar-refractivity contribution in [2.24, 2.45) is 11.7 Å². The molecule has 4 unspecified atom stereocenters. The van der Waals surface area contributed by atoms with E-state index in [1.165, 1.54) is 10.6 Å². The lowest BCUT2D eigenvalue weighted by Crippen LogP contribution is -2.54. The number of nitrogens with two attached hydrogens (primary N) is 1. The smallest absolute Gasteiger partial charge is 0.229 e. The number of aromatic nitrogens is 4. The zero-order valence-corrected chi connectivity index (χ0v) is 22.5. The number of benzene rings is 1. The van der Waals surface area contributed by atoms with Gasteiger partial charge in [0.05, 0.1) is 40.5 Å². The minimum atomic E-state index is -1.70. The molecule has 4 N–H and O–H groups in total.